The predicted octanol–water partition coefficient (Wildman–Crippen LogP) is 3.44. The predicted molar refractivity (Wildman–Crippen MR) is 167 cm³/mol. The molecule has 12 nitrogen and oxygen atoms in total. The number of hydrogen-bond donors (Lipinski definition) is 2. The Morgan fingerprint density at radius 1 is 1.15 bits per heavy atom. The molecular weight excluding hydrogens is 593 g/mol. The van der Waals surface area contributed by atoms with E-state index >= 15 is 0 Å². The molecule has 2 aromatic heterocycles. The Kier molecular flexibility index (Phi) is 9.58. The number of amides is 1. The number of likely N-dealkylation sites (tertiary alicyclic amines) is 2. The number of methoxy groups -OCH3 is 1. The van der Waals surface area contributed by atoms with Crippen molar-refractivity contribution in [3.05, 3.63) is 53.7 Å². The second-order valence-corrected chi connectivity index (χ2v) is 11.9. The normalized spacial score (nSPS) is 21.6. The number of carbonyl (C=O) groups is 1. The number of benzene rings is 1. The molecule has 3 saturated heterocycles. The lowest BCUT2D eigenvalue weighted by atomic mass is 9.89. The number of aromatic nitrogens is 3. The summed E-state index contributed by atoms with van der Waals surface area (Å²) in [5.41, 5.74) is 2.55. The van der Waals surface area contributed by atoms with Gasteiger partial charge in [0.15, 0.2) is 6.17 Å². The highest BCUT2D eigenvalue weighted by Gasteiger charge is 2.35. The topological polar surface area (TPSA) is 146 Å². The average Bonchev–Trinajstić information content (AvgIpc) is 3.05. The van der Waals surface area contributed by atoms with Crippen LogP contribution in [0.1, 0.15) is 43.2 Å². The summed E-state index contributed by atoms with van der Waals surface area (Å²) in [6.45, 7) is 5.16. The molecule has 3 fully saturated rings. The lowest BCUT2D eigenvalue weighted by Gasteiger charge is -2.41. The molecule has 3 aliphatic rings. The molecule has 0 aliphatic carbocycles. The molecule has 1 aromatic carbocycles. The smallest absolute Gasteiger partial charge is 0.251 e. The van der Waals surface area contributed by atoms with Gasteiger partial charge in [0.2, 0.25) is 11.8 Å². The second kappa shape index (κ2) is 13.9. The number of rotatable bonds is 9. The number of nitrogens with one attached hydrogen (secondary N) is 1. The van der Waals surface area contributed by atoms with Crippen LogP contribution in [0.2, 0.25) is 0 Å². The summed E-state index contributed by atoms with van der Waals surface area (Å²) in [4.78, 5) is 29.5. The molecule has 3 aliphatic heterocycles. The van der Waals surface area contributed by atoms with Crippen LogP contribution in [0.4, 0.5) is 16.2 Å². The van der Waals surface area contributed by atoms with Crippen LogP contribution in [0.15, 0.2) is 42.6 Å². The van der Waals surface area contributed by atoms with Crippen molar-refractivity contribution in [3.63, 3.8) is 0 Å². The fraction of sp³-hybridized carbons (Fsp3) is 0.485. The number of aliphatic hydroxyl groups is 1. The minimum atomic E-state index is -1.46. The third-order valence-corrected chi connectivity index (χ3v) is 8.91. The van der Waals surface area contributed by atoms with Crippen LogP contribution < -0.4 is 14.8 Å². The van der Waals surface area contributed by atoms with Crippen LogP contribution in [0.25, 0.3) is 11.3 Å². The van der Waals surface area contributed by atoms with Crippen molar-refractivity contribution in [1.29, 1.82) is 5.26 Å². The summed E-state index contributed by atoms with van der Waals surface area (Å²) in [6.07, 6.45) is 0.466. The first-order valence-corrected chi connectivity index (χ1v) is 15.6. The van der Waals surface area contributed by atoms with Crippen LogP contribution in [0.5, 0.6) is 11.6 Å². The van der Waals surface area contributed by atoms with Crippen LogP contribution >= 0.6 is 0 Å². The van der Waals surface area contributed by atoms with Crippen LogP contribution in [-0.2, 0) is 9.53 Å². The van der Waals surface area contributed by atoms with Crippen LogP contribution in [0.3, 0.4) is 0 Å². The van der Waals surface area contributed by atoms with Gasteiger partial charge < -0.3 is 29.5 Å². The van der Waals surface area contributed by atoms with Crippen molar-refractivity contribution in [2.75, 3.05) is 51.8 Å². The Balaban J connectivity index is 1.11. The fourth-order valence-electron chi connectivity index (χ4n) is 6.22. The quantitative estimate of drug-likeness (QED) is 0.358. The summed E-state index contributed by atoms with van der Waals surface area (Å²) in [5.74, 6) is 1.56. The standard InChI is InChI=1S/C33H38FN7O5/c1-20(42)32(43)41-14-10-29(26(34)17-41)46-28-5-3-22(15-23(28)16-35)27-7-11-36-33(37-27)39-30-6-4-25(31(38-30)44-2)21-8-12-40(13-9-21)24-18-45-19-24/h3-7,11,15,20-21,24,26,29,42H,8-10,12-14,17-19H2,1-2H3,(H,36,37,38,39)/t20-,26-,29-/m0/s1. The van der Waals surface area contributed by atoms with E-state index in [1.54, 1.807) is 37.6 Å². The highest BCUT2D eigenvalue weighted by molar-refractivity contribution is 5.80. The van der Waals surface area contributed by atoms with Gasteiger partial charge in [-0.15, -0.1) is 0 Å². The molecule has 3 aromatic rings. The molecular formula is C33H38FN7O5. The van der Waals surface area contributed by atoms with Crippen molar-refractivity contribution in [2.24, 2.45) is 0 Å². The molecule has 1 amide bonds. The van der Waals surface area contributed by atoms with Crippen molar-refractivity contribution < 1.29 is 28.5 Å². The van der Waals surface area contributed by atoms with E-state index in [1.807, 2.05) is 6.07 Å². The molecule has 2 N–H and O–H groups in total. The number of halogens is 1. The molecule has 0 spiro atoms. The van der Waals surface area contributed by atoms with Gasteiger partial charge in [-0.1, -0.05) is 0 Å². The lowest BCUT2D eigenvalue weighted by molar-refractivity contribution is -0.143. The minimum Gasteiger partial charge on any atom is -0.486 e. The Morgan fingerprint density at radius 3 is 2.63 bits per heavy atom. The number of hydrogen-bond acceptors (Lipinski definition) is 11. The van der Waals surface area contributed by atoms with Crippen molar-refractivity contribution in [3.8, 4) is 29.0 Å². The van der Waals surface area contributed by atoms with Gasteiger partial charge in [0.1, 0.15) is 29.8 Å². The van der Waals surface area contributed by atoms with Crippen molar-refractivity contribution >= 4 is 17.7 Å². The van der Waals surface area contributed by atoms with Crippen LogP contribution in [-0.4, -0.2) is 107 Å². The highest BCUT2D eigenvalue weighted by atomic mass is 19.1. The number of anilines is 2. The average molecular weight is 632 g/mol. The third kappa shape index (κ3) is 6.89. The first kappa shape index (κ1) is 31.6. The summed E-state index contributed by atoms with van der Waals surface area (Å²) < 4.78 is 31.8. The van der Waals surface area contributed by atoms with E-state index in [4.69, 9.17) is 19.2 Å². The number of ether oxygens (including phenoxy) is 3. The monoisotopic (exact) mass is 631 g/mol. The maximum absolute atomic E-state index is 14.9. The van der Waals surface area contributed by atoms with E-state index in [2.05, 4.69) is 32.3 Å². The Bertz CT molecular complexity index is 1590. The second-order valence-electron chi connectivity index (χ2n) is 11.9. The van der Waals surface area contributed by atoms with Gasteiger partial charge in [-0.25, -0.2) is 14.4 Å². The van der Waals surface area contributed by atoms with Gasteiger partial charge in [0.05, 0.1) is 44.2 Å². The molecule has 6 rings (SSSR count). The molecule has 46 heavy (non-hydrogen) atoms. The number of piperidine rings is 2. The van der Waals surface area contributed by atoms with E-state index in [-0.39, 0.29) is 30.8 Å². The first-order chi connectivity index (χ1) is 22.3. The number of nitriles is 1. The van der Waals surface area contributed by atoms with Gasteiger partial charge >= 0.3 is 0 Å². The number of pyridine rings is 1. The van der Waals surface area contributed by atoms with Crippen LogP contribution in [0, 0.1) is 11.3 Å². The van der Waals surface area contributed by atoms with Crippen molar-refractivity contribution in [1.82, 2.24) is 24.8 Å². The van der Waals surface area contributed by atoms with Gasteiger partial charge in [0, 0.05) is 30.3 Å². The number of aliphatic hydroxyl groups excluding tert-OH is 1. The summed E-state index contributed by atoms with van der Waals surface area (Å²) in [6, 6.07) is 13.4. The number of alkyl halides is 1. The lowest BCUT2D eigenvalue weighted by Crippen LogP contribution is -2.51. The molecule has 0 radical (unpaired) electrons. The van der Waals surface area contributed by atoms with Gasteiger partial charge in [0.25, 0.3) is 5.91 Å². The van der Waals surface area contributed by atoms with Crippen molar-refractivity contribution in [2.45, 2.75) is 56.5 Å². The number of carbonyl (C=O) groups excluding carboxylic acids is 1. The molecule has 0 saturated carbocycles. The van der Waals surface area contributed by atoms with E-state index in [1.165, 1.54) is 11.8 Å². The summed E-state index contributed by atoms with van der Waals surface area (Å²) >= 11 is 0. The zero-order valence-corrected chi connectivity index (χ0v) is 25.9. The Hall–Kier alpha value is -4.38. The molecule has 13 heteroatoms. The Labute approximate surface area is 267 Å². The molecule has 0 unspecified atom stereocenters. The largest absolute Gasteiger partial charge is 0.486 e. The zero-order valence-electron chi connectivity index (χ0n) is 25.9. The van der Waals surface area contributed by atoms with E-state index in [9.17, 15) is 19.6 Å². The Morgan fingerprint density at radius 2 is 1.96 bits per heavy atom. The van der Waals surface area contributed by atoms with Gasteiger partial charge in [-0.3, -0.25) is 9.69 Å². The molecule has 3 atom stereocenters. The van der Waals surface area contributed by atoms with Gasteiger partial charge in [-0.05, 0) is 75.2 Å². The molecule has 242 valence electrons. The third-order valence-electron chi connectivity index (χ3n) is 8.91. The highest BCUT2D eigenvalue weighted by Crippen LogP contribution is 2.35. The summed E-state index contributed by atoms with van der Waals surface area (Å²) in [7, 11) is 1.63. The van der Waals surface area contributed by atoms with E-state index < -0.39 is 24.3 Å². The first-order valence-electron chi connectivity index (χ1n) is 15.6. The number of nitrogens with zero attached hydrogens (tertiary/aromatic N) is 6. The van der Waals surface area contributed by atoms with E-state index in [0.29, 0.717) is 40.9 Å². The summed E-state index contributed by atoms with van der Waals surface area (Å²) in [5, 5.41) is 22.6. The minimum absolute atomic E-state index is 0.176. The van der Waals surface area contributed by atoms with Gasteiger partial charge in [-0.2, -0.15) is 10.2 Å². The maximum Gasteiger partial charge on any atom is 0.251 e. The SMILES string of the molecule is COc1nc(Nc2nccc(-c3ccc(O[C@H]4CCN(C(=O)[C@H](C)O)C[C@@H]4F)c(C#N)c3)n2)ccc1C1CCN(C2COC2)CC1. The molecule has 0 bridgehead atoms. The fourth-order valence-corrected chi connectivity index (χ4v) is 6.22. The molecule has 5 heterocycles. The zero-order chi connectivity index (χ0) is 32.2. The maximum atomic E-state index is 14.9. The van der Waals surface area contributed by atoms with E-state index in [0.717, 1.165) is 44.7 Å².